The molecule has 114 valence electrons. The summed E-state index contributed by atoms with van der Waals surface area (Å²) in [6.07, 6.45) is 5.38. The van der Waals surface area contributed by atoms with Crippen LogP contribution in [0.2, 0.25) is 0 Å². The molecular weight excluding hydrogens is 256 g/mol. The van der Waals surface area contributed by atoms with E-state index in [4.69, 9.17) is 15.0 Å². The molecule has 1 aromatic heterocycles. The van der Waals surface area contributed by atoms with Crippen molar-refractivity contribution in [2.45, 2.75) is 51.7 Å². The van der Waals surface area contributed by atoms with Crippen LogP contribution in [-0.4, -0.2) is 47.4 Å². The quantitative estimate of drug-likeness (QED) is 0.725. The molecule has 1 aliphatic heterocycles. The lowest BCUT2D eigenvalue weighted by atomic mass is 10.1. The van der Waals surface area contributed by atoms with Crippen molar-refractivity contribution in [1.29, 1.82) is 0 Å². The van der Waals surface area contributed by atoms with E-state index in [0.29, 0.717) is 12.6 Å². The summed E-state index contributed by atoms with van der Waals surface area (Å²) in [4.78, 5) is 6.77. The molecule has 2 rings (SSSR count). The highest BCUT2D eigenvalue weighted by atomic mass is 16.5. The molecule has 0 radical (unpaired) electrons. The first kappa shape index (κ1) is 15.4. The highest BCUT2D eigenvalue weighted by Gasteiger charge is 2.20. The molecule has 6 heteroatoms. The van der Waals surface area contributed by atoms with Crippen molar-refractivity contribution in [3.63, 3.8) is 0 Å². The molecule has 1 fully saturated rings. The maximum absolute atomic E-state index is 5.80. The molecule has 0 amide bonds. The SMILES string of the molecule is CCCc1nc(CN2CCC(OCCCN)CC2)no1. The van der Waals surface area contributed by atoms with Gasteiger partial charge < -0.3 is 15.0 Å². The highest BCUT2D eigenvalue weighted by molar-refractivity contribution is 4.87. The summed E-state index contributed by atoms with van der Waals surface area (Å²) in [6.45, 7) is 6.45. The Morgan fingerprint density at radius 1 is 1.40 bits per heavy atom. The number of rotatable bonds is 8. The van der Waals surface area contributed by atoms with E-state index in [2.05, 4.69) is 22.0 Å². The number of hydrogen-bond donors (Lipinski definition) is 1. The summed E-state index contributed by atoms with van der Waals surface area (Å²) in [5.41, 5.74) is 5.46. The van der Waals surface area contributed by atoms with Gasteiger partial charge in [-0.1, -0.05) is 12.1 Å². The topological polar surface area (TPSA) is 77.4 Å². The number of hydrogen-bond acceptors (Lipinski definition) is 6. The van der Waals surface area contributed by atoms with Gasteiger partial charge in [-0.3, -0.25) is 4.90 Å². The molecule has 2 heterocycles. The number of ether oxygens (including phenoxy) is 1. The summed E-state index contributed by atoms with van der Waals surface area (Å²) in [7, 11) is 0. The van der Waals surface area contributed by atoms with Crippen LogP contribution in [0.5, 0.6) is 0 Å². The molecule has 1 saturated heterocycles. The monoisotopic (exact) mass is 282 g/mol. The van der Waals surface area contributed by atoms with Gasteiger partial charge in [-0.2, -0.15) is 4.98 Å². The fourth-order valence-electron chi connectivity index (χ4n) is 2.44. The molecule has 0 bridgehead atoms. The Hall–Kier alpha value is -0.980. The van der Waals surface area contributed by atoms with Gasteiger partial charge in [0.1, 0.15) is 0 Å². The van der Waals surface area contributed by atoms with Crippen molar-refractivity contribution in [1.82, 2.24) is 15.0 Å². The lowest BCUT2D eigenvalue weighted by molar-refractivity contribution is 0.00505. The van der Waals surface area contributed by atoms with Gasteiger partial charge in [-0.15, -0.1) is 0 Å². The van der Waals surface area contributed by atoms with Crippen LogP contribution in [-0.2, 0) is 17.7 Å². The number of aromatic nitrogens is 2. The van der Waals surface area contributed by atoms with E-state index >= 15 is 0 Å². The van der Waals surface area contributed by atoms with E-state index in [0.717, 1.165) is 70.1 Å². The largest absolute Gasteiger partial charge is 0.378 e. The fraction of sp³-hybridized carbons (Fsp3) is 0.857. The van der Waals surface area contributed by atoms with E-state index in [1.807, 2.05) is 0 Å². The molecule has 0 unspecified atom stereocenters. The van der Waals surface area contributed by atoms with Crippen LogP contribution in [0.3, 0.4) is 0 Å². The number of piperidine rings is 1. The average Bonchev–Trinajstić information content (AvgIpc) is 2.89. The maximum atomic E-state index is 5.80. The van der Waals surface area contributed by atoms with E-state index in [1.54, 1.807) is 0 Å². The van der Waals surface area contributed by atoms with Gasteiger partial charge in [0.2, 0.25) is 5.89 Å². The Kier molecular flexibility index (Phi) is 6.42. The van der Waals surface area contributed by atoms with Crippen LogP contribution < -0.4 is 5.73 Å². The molecular formula is C14H26N4O2. The second-order valence-electron chi connectivity index (χ2n) is 5.34. The zero-order chi connectivity index (χ0) is 14.2. The summed E-state index contributed by atoms with van der Waals surface area (Å²) in [5.74, 6) is 1.55. The van der Waals surface area contributed by atoms with Crippen LogP contribution in [0.25, 0.3) is 0 Å². The van der Waals surface area contributed by atoms with Crippen LogP contribution >= 0.6 is 0 Å². The smallest absolute Gasteiger partial charge is 0.226 e. The normalized spacial score (nSPS) is 17.7. The zero-order valence-corrected chi connectivity index (χ0v) is 12.4. The Morgan fingerprint density at radius 3 is 2.90 bits per heavy atom. The molecule has 1 aromatic rings. The maximum Gasteiger partial charge on any atom is 0.226 e. The van der Waals surface area contributed by atoms with Gasteiger partial charge >= 0.3 is 0 Å². The minimum atomic E-state index is 0.388. The third kappa shape index (κ3) is 4.85. The van der Waals surface area contributed by atoms with Crippen molar-refractivity contribution in [3.8, 4) is 0 Å². The van der Waals surface area contributed by atoms with Crippen molar-refractivity contribution in [3.05, 3.63) is 11.7 Å². The van der Waals surface area contributed by atoms with Crippen LogP contribution in [0.1, 0.15) is 44.3 Å². The lowest BCUT2D eigenvalue weighted by Gasteiger charge is -2.30. The van der Waals surface area contributed by atoms with E-state index in [1.165, 1.54) is 0 Å². The van der Waals surface area contributed by atoms with Gasteiger partial charge in [0.15, 0.2) is 5.82 Å². The van der Waals surface area contributed by atoms with Gasteiger partial charge in [0.25, 0.3) is 0 Å². The van der Waals surface area contributed by atoms with Crippen molar-refractivity contribution in [2.75, 3.05) is 26.2 Å². The fourth-order valence-corrected chi connectivity index (χ4v) is 2.44. The summed E-state index contributed by atoms with van der Waals surface area (Å²) >= 11 is 0. The third-order valence-electron chi connectivity index (χ3n) is 3.58. The minimum absolute atomic E-state index is 0.388. The van der Waals surface area contributed by atoms with Crippen LogP contribution in [0.15, 0.2) is 4.52 Å². The Morgan fingerprint density at radius 2 is 2.20 bits per heavy atom. The minimum Gasteiger partial charge on any atom is -0.378 e. The predicted octanol–water partition coefficient (Wildman–Crippen LogP) is 1.35. The van der Waals surface area contributed by atoms with E-state index in [-0.39, 0.29) is 0 Å². The Labute approximate surface area is 120 Å². The first-order valence-corrected chi connectivity index (χ1v) is 7.67. The molecule has 0 atom stereocenters. The van der Waals surface area contributed by atoms with Crippen molar-refractivity contribution >= 4 is 0 Å². The molecule has 0 aromatic carbocycles. The first-order chi connectivity index (χ1) is 9.81. The predicted molar refractivity (Wildman–Crippen MR) is 76.2 cm³/mol. The number of nitrogens with two attached hydrogens (primary N) is 1. The third-order valence-corrected chi connectivity index (χ3v) is 3.58. The second kappa shape index (κ2) is 8.34. The summed E-state index contributed by atoms with van der Waals surface area (Å²) < 4.78 is 11.0. The second-order valence-corrected chi connectivity index (χ2v) is 5.34. The number of nitrogens with zero attached hydrogens (tertiary/aromatic N) is 3. The number of likely N-dealkylation sites (tertiary alicyclic amines) is 1. The van der Waals surface area contributed by atoms with Gasteiger partial charge in [0.05, 0.1) is 12.6 Å². The first-order valence-electron chi connectivity index (χ1n) is 7.67. The molecule has 0 saturated carbocycles. The van der Waals surface area contributed by atoms with Gasteiger partial charge in [0, 0.05) is 26.1 Å². The Bertz CT molecular complexity index is 375. The van der Waals surface area contributed by atoms with Crippen molar-refractivity contribution in [2.24, 2.45) is 5.73 Å². The van der Waals surface area contributed by atoms with Crippen LogP contribution in [0, 0.1) is 0 Å². The summed E-state index contributed by atoms with van der Waals surface area (Å²) in [6, 6.07) is 0. The van der Waals surface area contributed by atoms with Gasteiger partial charge in [-0.05, 0) is 32.2 Å². The van der Waals surface area contributed by atoms with Gasteiger partial charge in [-0.25, -0.2) is 0 Å². The van der Waals surface area contributed by atoms with Crippen molar-refractivity contribution < 1.29 is 9.26 Å². The molecule has 2 N–H and O–H groups in total. The molecule has 0 aliphatic carbocycles. The highest BCUT2D eigenvalue weighted by Crippen LogP contribution is 2.15. The number of aryl methyl sites for hydroxylation is 1. The average molecular weight is 282 g/mol. The standard InChI is InChI=1S/C14H26N4O2/c1-2-4-14-16-13(17-20-14)11-18-8-5-12(6-9-18)19-10-3-7-15/h12H,2-11,15H2,1H3. The molecule has 0 spiro atoms. The van der Waals surface area contributed by atoms with E-state index in [9.17, 15) is 0 Å². The summed E-state index contributed by atoms with van der Waals surface area (Å²) in [5, 5.41) is 4.04. The molecule has 6 nitrogen and oxygen atoms in total. The molecule has 1 aliphatic rings. The lowest BCUT2D eigenvalue weighted by Crippen LogP contribution is -2.37. The zero-order valence-electron chi connectivity index (χ0n) is 12.4. The van der Waals surface area contributed by atoms with Crippen LogP contribution in [0.4, 0.5) is 0 Å². The van der Waals surface area contributed by atoms with E-state index < -0.39 is 0 Å². The molecule has 20 heavy (non-hydrogen) atoms. The Balaban J connectivity index is 1.68.